The molecule has 5 fully saturated rings. The van der Waals surface area contributed by atoms with Crippen molar-refractivity contribution in [1.29, 1.82) is 0 Å². The molecule has 5 aliphatic rings. The van der Waals surface area contributed by atoms with Crippen LogP contribution in [0, 0.1) is 28.6 Å². The smallest absolute Gasteiger partial charge is 0.223 e. The van der Waals surface area contributed by atoms with Crippen LogP contribution in [0.2, 0.25) is 0 Å². The SMILES string of the molecule is CN1C(=O)CC(Sc2ccccc2)[C@]2(C)[C@H]3CC[C@]4(C)[C@@H](NC5CC5)CC[C@H]4[C@@H]3CC[C@@H]12. The number of amides is 1. The van der Waals surface area contributed by atoms with Gasteiger partial charge in [0.1, 0.15) is 0 Å². The molecule has 1 unspecified atom stereocenters. The summed E-state index contributed by atoms with van der Waals surface area (Å²) in [6, 6.07) is 12.8. The van der Waals surface area contributed by atoms with Gasteiger partial charge in [-0.2, -0.15) is 0 Å². The summed E-state index contributed by atoms with van der Waals surface area (Å²) in [6.07, 6.45) is 11.5. The van der Waals surface area contributed by atoms with Gasteiger partial charge in [0.2, 0.25) is 5.91 Å². The van der Waals surface area contributed by atoms with Crippen molar-refractivity contribution >= 4 is 17.7 Å². The molecule has 1 N–H and O–H groups in total. The van der Waals surface area contributed by atoms with E-state index in [9.17, 15) is 4.79 Å². The molecule has 0 spiro atoms. The van der Waals surface area contributed by atoms with E-state index in [4.69, 9.17) is 0 Å². The first-order chi connectivity index (χ1) is 15.4. The van der Waals surface area contributed by atoms with E-state index in [1.54, 1.807) is 0 Å². The van der Waals surface area contributed by atoms with Gasteiger partial charge in [-0.25, -0.2) is 0 Å². The third-order valence-electron chi connectivity index (χ3n) is 10.7. The summed E-state index contributed by atoms with van der Waals surface area (Å²) in [4.78, 5) is 16.5. The molecule has 4 heteroatoms. The lowest BCUT2D eigenvalue weighted by Crippen LogP contribution is -2.66. The van der Waals surface area contributed by atoms with Crippen LogP contribution in [0.1, 0.15) is 71.6 Å². The first kappa shape index (κ1) is 21.5. The topological polar surface area (TPSA) is 32.3 Å². The predicted octanol–water partition coefficient (Wildman–Crippen LogP) is 5.74. The zero-order valence-corrected chi connectivity index (χ0v) is 20.9. The maximum absolute atomic E-state index is 13.0. The first-order valence-corrected chi connectivity index (χ1v) is 14.0. The molecule has 1 aromatic rings. The maximum Gasteiger partial charge on any atom is 0.223 e. The van der Waals surface area contributed by atoms with Crippen LogP contribution in [0.15, 0.2) is 35.2 Å². The molecule has 0 aromatic heterocycles. The van der Waals surface area contributed by atoms with E-state index < -0.39 is 0 Å². The minimum Gasteiger partial charge on any atom is -0.342 e. The van der Waals surface area contributed by atoms with Crippen LogP contribution >= 0.6 is 11.8 Å². The van der Waals surface area contributed by atoms with E-state index in [0.29, 0.717) is 29.0 Å². The minimum absolute atomic E-state index is 0.204. The zero-order chi connectivity index (χ0) is 22.1. The second kappa shape index (κ2) is 7.77. The summed E-state index contributed by atoms with van der Waals surface area (Å²) in [5.41, 5.74) is 0.681. The van der Waals surface area contributed by atoms with Crippen molar-refractivity contribution < 1.29 is 4.79 Å². The second-order valence-corrected chi connectivity index (χ2v) is 13.4. The van der Waals surface area contributed by atoms with Crippen molar-refractivity contribution in [1.82, 2.24) is 10.2 Å². The molecule has 1 saturated heterocycles. The van der Waals surface area contributed by atoms with Crippen LogP contribution in [-0.2, 0) is 4.79 Å². The van der Waals surface area contributed by atoms with Gasteiger partial charge in [-0.3, -0.25) is 4.79 Å². The number of rotatable bonds is 4. The van der Waals surface area contributed by atoms with Gasteiger partial charge >= 0.3 is 0 Å². The third-order valence-corrected chi connectivity index (χ3v) is 12.2. The highest BCUT2D eigenvalue weighted by molar-refractivity contribution is 8.00. The highest BCUT2D eigenvalue weighted by atomic mass is 32.2. The van der Waals surface area contributed by atoms with E-state index in [1.807, 2.05) is 11.8 Å². The molecule has 4 aliphatic carbocycles. The van der Waals surface area contributed by atoms with Crippen LogP contribution in [0.3, 0.4) is 0 Å². The van der Waals surface area contributed by atoms with Gasteiger partial charge in [0, 0.05) is 47.2 Å². The molecule has 6 rings (SSSR count). The summed E-state index contributed by atoms with van der Waals surface area (Å²) in [5.74, 6) is 2.80. The van der Waals surface area contributed by atoms with Gasteiger partial charge in [0.15, 0.2) is 0 Å². The summed E-state index contributed by atoms with van der Waals surface area (Å²) < 4.78 is 0. The number of likely N-dealkylation sites (tertiary alicyclic amines) is 1. The van der Waals surface area contributed by atoms with Crippen LogP contribution in [0.25, 0.3) is 0 Å². The first-order valence-electron chi connectivity index (χ1n) is 13.1. The number of benzene rings is 1. The highest BCUT2D eigenvalue weighted by Gasteiger charge is 2.63. The number of hydrogen-bond donors (Lipinski definition) is 1. The monoisotopic (exact) mass is 452 g/mol. The number of carbonyl (C=O) groups excluding carboxylic acids is 1. The molecule has 4 saturated carbocycles. The Bertz CT molecular complexity index is 871. The number of carbonyl (C=O) groups is 1. The maximum atomic E-state index is 13.0. The van der Waals surface area contributed by atoms with Gasteiger partial charge < -0.3 is 10.2 Å². The number of nitrogens with zero attached hydrogens (tertiary/aromatic N) is 1. The molecule has 1 heterocycles. The molecule has 3 nitrogen and oxygen atoms in total. The molecule has 32 heavy (non-hydrogen) atoms. The van der Waals surface area contributed by atoms with Crippen molar-refractivity contribution in [2.75, 3.05) is 7.05 Å². The lowest BCUT2D eigenvalue weighted by molar-refractivity contribution is -0.155. The van der Waals surface area contributed by atoms with Gasteiger partial charge in [-0.1, -0.05) is 32.0 Å². The quantitative estimate of drug-likeness (QED) is 0.632. The Kier molecular flexibility index (Phi) is 5.22. The van der Waals surface area contributed by atoms with Gasteiger partial charge in [0.25, 0.3) is 0 Å². The molecule has 0 radical (unpaired) electrons. The van der Waals surface area contributed by atoms with Gasteiger partial charge in [-0.15, -0.1) is 11.8 Å². The minimum atomic E-state index is 0.204. The van der Waals surface area contributed by atoms with Crippen LogP contribution in [-0.4, -0.2) is 41.2 Å². The molecule has 174 valence electrons. The third kappa shape index (κ3) is 3.22. The zero-order valence-electron chi connectivity index (χ0n) is 20.1. The number of nitrogens with one attached hydrogen (secondary N) is 1. The largest absolute Gasteiger partial charge is 0.342 e. The van der Waals surface area contributed by atoms with E-state index in [2.05, 4.69) is 61.4 Å². The fraction of sp³-hybridized carbons (Fsp3) is 0.750. The number of piperidine rings is 1. The van der Waals surface area contributed by atoms with Crippen molar-refractivity contribution in [3.63, 3.8) is 0 Å². The van der Waals surface area contributed by atoms with Gasteiger partial charge in [-0.05, 0) is 86.7 Å². The van der Waals surface area contributed by atoms with E-state index in [-0.39, 0.29) is 5.41 Å². The van der Waals surface area contributed by atoms with Crippen LogP contribution in [0.5, 0.6) is 0 Å². The molecule has 1 amide bonds. The Balaban J connectivity index is 1.31. The second-order valence-electron chi connectivity index (χ2n) is 12.1. The number of fused-ring (bicyclic) bond motifs is 5. The molecule has 1 aromatic carbocycles. The Morgan fingerprint density at radius 2 is 1.75 bits per heavy atom. The van der Waals surface area contributed by atoms with E-state index in [1.165, 1.54) is 56.3 Å². The van der Waals surface area contributed by atoms with Crippen LogP contribution in [0.4, 0.5) is 0 Å². The average Bonchev–Trinajstić information content (AvgIpc) is 3.54. The van der Waals surface area contributed by atoms with Crippen molar-refractivity contribution in [2.45, 2.75) is 99.9 Å². The molecule has 1 aliphatic heterocycles. The summed E-state index contributed by atoms with van der Waals surface area (Å²) in [6.45, 7) is 5.21. The lowest BCUT2D eigenvalue weighted by atomic mass is 9.47. The summed E-state index contributed by atoms with van der Waals surface area (Å²) in [7, 11) is 2.09. The van der Waals surface area contributed by atoms with E-state index >= 15 is 0 Å². The Morgan fingerprint density at radius 3 is 2.50 bits per heavy atom. The lowest BCUT2D eigenvalue weighted by Gasteiger charge is -2.64. The number of thioether (sulfide) groups is 1. The summed E-state index contributed by atoms with van der Waals surface area (Å²) >= 11 is 1.99. The molecule has 0 bridgehead atoms. The normalized spacial score (nSPS) is 45.8. The fourth-order valence-corrected chi connectivity index (χ4v) is 10.2. The fourth-order valence-electron chi connectivity index (χ4n) is 8.77. The van der Waals surface area contributed by atoms with Gasteiger partial charge in [0.05, 0.1) is 0 Å². The molecular formula is C28H40N2OS. The van der Waals surface area contributed by atoms with Crippen molar-refractivity contribution in [3.05, 3.63) is 30.3 Å². The van der Waals surface area contributed by atoms with Crippen molar-refractivity contribution in [3.8, 4) is 0 Å². The Hall–Kier alpha value is -1.00. The average molecular weight is 453 g/mol. The highest BCUT2D eigenvalue weighted by Crippen LogP contribution is 2.66. The Labute approximate surface area is 198 Å². The van der Waals surface area contributed by atoms with Crippen molar-refractivity contribution in [2.24, 2.45) is 28.6 Å². The molecular weight excluding hydrogens is 412 g/mol. The van der Waals surface area contributed by atoms with E-state index in [0.717, 1.165) is 29.8 Å². The Morgan fingerprint density at radius 1 is 0.969 bits per heavy atom. The standard InChI is InChI=1S/C28H40N2OS/c1-27-16-15-22-20(21(27)12-13-23(27)29-18-9-10-18)11-14-24-28(22,2)25(17-26(31)30(24)3)32-19-7-5-4-6-8-19/h4-8,18,20-25,29H,9-17H2,1-3H3/t20-,21-,22-,23-,24+,25?,27-,28+/m0/s1. The number of hydrogen-bond acceptors (Lipinski definition) is 3. The predicted molar refractivity (Wildman–Crippen MR) is 132 cm³/mol. The summed E-state index contributed by atoms with van der Waals surface area (Å²) in [5, 5.41) is 4.44. The van der Waals surface area contributed by atoms with Crippen LogP contribution < -0.4 is 5.32 Å². The molecule has 8 atom stereocenters.